The second-order valence-corrected chi connectivity index (χ2v) is 6.45. The van der Waals surface area contributed by atoms with Crippen molar-refractivity contribution in [3.8, 4) is 11.5 Å². The fourth-order valence-corrected chi connectivity index (χ4v) is 3.03. The Morgan fingerprint density at radius 1 is 1.19 bits per heavy atom. The highest BCUT2D eigenvalue weighted by atomic mass is 16.5. The zero-order valence-corrected chi connectivity index (χ0v) is 15.2. The molecule has 0 spiro atoms. The van der Waals surface area contributed by atoms with E-state index in [4.69, 9.17) is 15.2 Å². The fraction of sp³-hybridized carbons (Fsp3) is 0.556. The molecule has 3 N–H and O–H groups in total. The maximum absolute atomic E-state index is 11.3. The average Bonchev–Trinajstić information content (AvgIpc) is 2.87. The summed E-state index contributed by atoms with van der Waals surface area (Å²) < 4.78 is 11.3. The van der Waals surface area contributed by atoms with Crippen LogP contribution >= 0.6 is 0 Å². The van der Waals surface area contributed by atoms with Gasteiger partial charge in [0.25, 0.3) is 0 Å². The van der Waals surface area contributed by atoms with Crippen LogP contribution in [0.2, 0.25) is 0 Å². The number of amides is 1. The summed E-state index contributed by atoms with van der Waals surface area (Å²) in [5.41, 5.74) is 6.81. The summed E-state index contributed by atoms with van der Waals surface area (Å²) in [6.07, 6.45) is 0.877. The number of nitrogens with one attached hydrogen (secondary N) is 1. The number of nitrogens with zero attached hydrogens (tertiary/aromatic N) is 3. The third-order valence-electron chi connectivity index (χ3n) is 4.54. The number of ether oxygens (including phenoxy) is 2. The number of rotatable bonds is 4. The van der Waals surface area contributed by atoms with E-state index in [1.165, 1.54) is 0 Å². The molecule has 0 aromatic heterocycles. The summed E-state index contributed by atoms with van der Waals surface area (Å²) >= 11 is 0. The van der Waals surface area contributed by atoms with Crippen molar-refractivity contribution in [2.24, 2.45) is 10.7 Å². The quantitative estimate of drug-likeness (QED) is 0.607. The average molecular weight is 361 g/mol. The molecule has 1 amide bonds. The van der Waals surface area contributed by atoms with Gasteiger partial charge < -0.3 is 25.4 Å². The monoisotopic (exact) mass is 361 g/mol. The molecule has 0 radical (unpaired) electrons. The van der Waals surface area contributed by atoms with Crippen LogP contribution in [0.5, 0.6) is 11.5 Å². The minimum absolute atomic E-state index is 0.145. The number of fused-ring (bicyclic) bond motifs is 1. The summed E-state index contributed by atoms with van der Waals surface area (Å²) in [7, 11) is 0. The van der Waals surface area contributed by atoms with Gasteiger partial charge in [-0.15, -0.1) is 0 Å². The Morgan fingerprint density at radius 2 is 1.92 bits per heavy atom. The molecule has 8 nitrogen and oxygen atoms in total. The van der Waals surface area contributed by atoms with Gasteiger partial charge >= 0.3 is 0 Å². The minimum atomic E-state index is 0.145. The molecule has 2 aliphatic rings. The Bertz CT molecular complexity index is 656. The summed E-state index contributed by atoms with van der Waals surface area (Å²) in [5, 5.41) is 3.09. The number of hydrogen-bond donors (Lipinski definition) is 2. The summed E-state index contributed by atoms with van der Waals surface area (Å²) in [6, 6.07) is 5.66. The molecule has 0 bridgehead atoms. The van der Waals surface area contributed by atoms with Gasteiger partial charge in [0.2, 0.25) is 5.91 Å². The summed E-state index contributed by atoms with van der Waals surface area (Å²) in [4.78, 5) is 19.9. The molecule has 26 heavy (non-hydrogen) atoms. The smallest absolute Gasteiger partial charge is 0.219 e. The highest BCUT2D eigenvalue weighted by Crippen LogP contribution is 2.32. The van der Waals surface area contributed by atoms with Crippen LogP contribution in [-0.4, -0.2) is 74.1 Å². The molecule has 1 aromatic carbocycles. The Labute approximate surface area is 153 Å². The van der Waals surface area contributed by atoms with E-state index in [1.807, 2.05) is 23.1 Å². The molecule has 0 saturated carbocycles. The van der Waals surface area contributed by atoms with Gasteiger partial charge in [0, 0.05) is 57.8 Å². The van der Waals surface area contributed by atoms with Gasteiger partial charge in [-0.05, 0) is 12.1 Å². The first kappa shape index (κ1) is 18.3. The van der Waals surface area contributed by atoms with Gasteiger partial charge in [0.15, 0.2) is 17.5 Å². The van der Waals surface area contributed by atoms with Crippen LogP contribution in [0.15, 0.2) is 23.2 Å². The number of piperazine rings is 1. The predicted octanol–water partition coefficient (Wildman–Crippen LogP) is 0.739. The van der Waals surface area contributed by atoms with Crippen LogP contribution in [-0.2, 0) is 4.79 Å². The summed E-state index contributed by atoms with van der Waals surface area (Å²) in [6.45, 7) is 7.70. The normalized spacial score (nSPS) is 18.3. The zero-order valence-electron chi connectivity index (χ0n) is 15.2. The SMILES string of the molecule is CC(=O)N1CCN(CCN=C(N)Nc2ccc3c(c2)OCCCO3)CC1. The van der Waals surface area contributed by atoms with E-state index in [-0.39, 0.29) is 5.91 Å². The number of nitrogens with two attached hydrogens (primary N) is 1. The number of guanidine groups is 1. The molecule has 2 heterocycles. The van der Waals surface area contributed by atoms with Gasteiger partial charge in [0.1, 0.15) is 0 Å². The maximum Gasteiger partial charge on any atom is 0.219 e. The van der Waals surface area contributed by atoms with Crippen molar-refractivity contribution in [3.63, 3.8) is 0 Å². The molecule has 1 fully saturated rings. The van der Waals surface area contributed by atoms with Crippen molar-refractivity contribution in [1.29, 1.82) is 0 Å². The molecule has 0 aliphatic carbocycles. The van der Waals surface area contributed by atoms with E-state index in [0.717, 1.165) is 56.3 Å². The van der Waals surface area contributed by atoms with Crippen molar-refractivity contribution >= 4 is 17.6 Å². The zero-order chi connectivity index (χ0) is 18.4. The lowest BCUT2D eigenvalue weighted by atomic mass is 10.3. The fourth-order valence-electron chi connectivity index (χ4n) is 3.03. The van der Waals surface area contributed by atoms with Crippen molar-refractivity contribution < 1.29 is 14.3 Å². The highest BCUT2D eigenvalue weighted by molar-refractivity contribution is 5.92. The lowest BCUT2D eigenvalue weighted by Crippen LogP contribution is -2.48. The number of carbonyl (C=O) groups excluding carboxylic acids is 1. The molecule has 1 saturated heterocycles. The Kier molecular flexibility index (Phi) is 6.17. The van der Waals surface area contributed by atoms with Crippen LogP contribution in [0.25, 0.3) is 0 Å². The van der Waals surface area contributed by atoms with E-state index < -0.39 is 0 Å². The molecule has 0 atom stereocenters. The molecule has 0 unspecified atom stereocenters. The summed E-state index contributed by atoms with van der Waals surface area (Å²) in [5.74, 6) is 2.00. The lowest BCUT2D eigenvalue weighted by Gasteiger charge is -2.33. The third-order valence-corrected chi connectivity index (χ3v) is 4.54. The standard InChI is InChI=1S/C18H27N5O3/c1-14(24)23-9-7-22(8-10-23)6-5-20-18(19)21-15-3-4-16-17(13-15)26-12-2-11-25-16/h3-4,13H,2,5-12H2,1H3,(H3,19,20,21). The lowest BCUT2D eigenvalue weighted by molar-refractivity contribution is -0.130. The van der Waals surface area contributed by atoms with Gasteiger partial charge in [-0.3, -0.25) is 14.7 Å². The van der Waals surface area contributed by atoms with E-state index in [2.05, 4.69) is 15.2 Å². The van der Waals surface area contributed by atoms with Crippen molar-refractivity contribution in [2.45, 2.75) is 13.3 Å². The van der Waals surface area contributed by atoms with Crippen LogP contribution in [0, 0.1) is 0 Å². The Hall–Kier alpha value is -2.48. The molecule has 8 heteroatoms. The largest absolute Gasteiger partial charge is 0.490 e. The second kappa shape index (κ2) is 8.75. The van der Waals surface area contributed by atoms with E-state index in [0.29, 0.717) is 25.7 Å². The van der Waals surface area contributed by atoms with E-state index in [9.17, 15) is 4.79 Å². The Balaban J connectivity index is 1.45. The number of benzene rings is 1. The van der Waals surface area contributed by atoms with Crippen molar-refractivity contribution in [1.82, 2.24) is 9.80 Å². The Morgan fingerprint density at radius 3 is 2.65 bits per heavy atom. The first-order valence-corrected chi connectivity index (χ1v) is 9.06. The first-order chi connectivity index (χ1) is 12.6. The first-order valence-electron chi connectivity index (χ1n) is 9.06. The number of anilines is 1. The van der Waals surface area contributed by atoms with Gasteiger partial charge in [-0.1, -0.05) is 0 Å². The van der Waals surface area contributed by atoms with Crippen LogP contribution in [0.4, 0.5) is 5.69 Å². The van der Waals surface area contributed by atoms with Gasteiger partial charge in [-0.2, -0.15) is 0 Å². The highest BCUT2D eigenvalue weighted by Gasteiger charge is 2.17. The van der Waals surface area contributed by atoms with Gasteiger partial charge in [-0.25, -0.2) is 0 Å². The molecule has 142 valence electrons. The van der Waals surface area contributed by atoms with Crippen LogP contribution in [0.1, 0.15) is 13.3 Å². The van der Waals surface area contributed by atoms with Crippen molar-refractivity contribution in [3.05, 3.63) is 18.2 Å². The molecular formula is C18H27N5O3. The number of aliphatic imine (C=N–C) groups is 1. The molecule has 3 rings (SSSR count). The van der Waals surface area contributed by atoms with Crippen LogP contribution < -0.4 is 20.5 Å². The van der Waals surface area contributed by atoms with Gasteiger partial charge in [0.05, 0.1) is 19.8 Å². The minimum Gasteiger partial charge on any atom is -0.490 e. The number of hydrogen-bond acceptors (Lipinski definition) is 5. The molecule has 2 aliphatic heterocycles. The van der Waals surface area contributed by atoms with E-state index in [1.54, 1.807) is 6.92 Å². The second-order valence-electron chi connectivity index (χ2n) is 6.45. The van der Waals surface area contributed by atoms with E-state index >= 15 is 0 Å². The third kappa shape index (κ3) is 5.01. The predicted molar refractivity (Wildman–Crippen MR) is 101 cm³/mol. The maximum atomic E-state index is 11.3. The topological polar surface area (TPSA) is 92.4 Å². The van der Waals surface area contributed by atoms with Crippen LogP contribution in [0.3, 0.4) is 0 Å². The molecular weight excluding hydrogens is 334 g/mol. The molecule has 1 aromatic rings. The van der Waals surface area contributed by atoms with Crippen molar-refractivity contribution in [2.75, 3.05) is 57.8 Å². The number of carbonyl (C=O) groups is 1.